The van der Waals surface area contributed by atoms with Gasteiger partial charge in [0.2, 0.25) is 5.91 Å². The molecule has 0 spiro atoms. The number of hydrogen-bond donors (Lipinski definition) is 1. The van der Waals surface area contributed by atoms with Gasteiger partial charge in [-0.3, -0.25) is 4.79 Å². The molecule has 0 unspecified atom stereocenters. The molecule has 20 heavy (non-hydrogen) atoms. The molecule has 1 atom stereocenters. The molecular weight excluding hydrogens is 320 g/mol. The molecule has 4 nitrogen and oxygen atoms in total. The van der Waals surface area contributed by atoms with Crippen LogP contribution in [0, 0.1) is 0 Å². The number of amides is 1. The van der Waals surface area contributed by atoms with Crippen molar-refractivity contribution in [2.75, 3.05) is 31.6 Å². The molecule has 0 aliphatic rings. The van der Waals surface area contributed by atoms with E-state index in [9.17, 15) is 9.90 Å². The third kappa shape index (κ3) is 4.21. The Hall–Kier alpha value is -1.07. The molecule has 112 valence electrons. The molecule has 0 aliphatic heterocycles. The Morgan fingerprint density at radius 2 is 1.95 bits per heavy atom. The summed E-state index contributed by atoms with van der Waals surface area (Å²) in [6.07, 6.45) is -0.513. The van der Waals surface area contributed by atoms with Gasteiger partial charge in [-0.2, -0.15) is 0 Å². The zero-order valence-corrected chi connectivity index (χ0v) is 14.1. The molecule has 5 heteroatoms. The zero-order chi connectivity index (χ0) is 15.3. The number of anilines is 1. The highest BCUT2D eigenvalue weighted by molar-refractivity contribution is 9.10. The van der Waals surface area contributed by atoms with E-state index in [-0.39, 0.29) is 5.91 Å². The van der Waals surface area contributed by atoms with E-state index in [1.807, 2.05) is 48.9 Å². The maximum absolute atomic E-state index is 12.1. The van der Waals surface area contributed by atoms with Gasteiger partial charge in [-0.05, 0) is 38.5 Å². The first-order chi connectivity index (χ1) is 9.40. The Morgan fingerprint density at radius 3 is 2.40 bits per heavy atom. The first-order valence-electron chi connectivity index (χ1n) is 6.87. The lowest BCUT2D eigenvalue weighted by molar-refractivity contribution is -0.129. The lowest BCUT2D eigenvalue weighted by atomic mass is 10.1. The van der Waals surface area contributed by atoms with E-state index in [0.29, 0.717) is 6.54 Å². The topological polar surface area (TPSA) is 43.8 Å². The number of benzene rings is 1. The summed E-state index contributed by atoms with van der Waals surface area (Å²) in [5.41, 5.74) is 1.79. The highest BCUT2D eigenvalue weighted by Crippen LogP contribution is 2.27. The molecule has 1 rings (SSSR count). The number of carbonyl (C=O) groups excluding carboxylic acids is 1. The Kier molecular flexibility index (Phi) is 6.49. The second kappa shape index (κ2) is 7.64. The summed E-state index contributed by atoms with van der Waals surface area (Å²) < 4.78 is 0.854. The average Bonchev–Trinajstić information content (AvgIpc) is 2.39. The van der Waals surface area contributed by atoms with Crippen LogP contribution in [0.25, 0.3) is 0 Å². The van der Waals surface area contributed by atoms with Crippen molar-refractivity contribution >= 4 is 27.5 Å². The Morgan fingerprint density at radius 1 is 1.35 bits per heavy atom. The maximum atomic E-state index is 12.1. The number of nitrogens with zero attached hydrogens (tertiary/aromatic N) is 2. The quantitative estimate of drug-likeness (QED) is 0.864. The number of carbonyl (C=O) groups is 1. The van der Waals surface area contributed by atoms with Crippen molar-refractivity contribution in [3.8, 4) is 0 Å². The van der Waals surface area contributed by atoms with E-state index < -0.39 is 6.10 Å². The summed E-state index contributed by atoms with van der Waals surface area (Å²) >= 11 is 3.46. The van der Waals surface area contributed by atoms with Gasteiger partial charge in [0.1, 0.15) is 0 Å². The molecule has 0 fully saturated rings. The predicted octanol–water partition coefficient (Wildman–Crippen LogP) is 2.81. The smallest absolute Gasteiger partial charge is 0.242 e. The van der Waals surface area contributed by atoms with Crippen LogP contribution in [0.4, 0.5) is 5.69 Å². The first-order valence-corrected chi connectivity index (χ1v) is 7.66. The number of likely N-dealkylation sites (N-methyl/N-ethyl adjacent to an activating group) is 2. The highest BCUT2D eigenvalue weighted by Gasteiger charge is 2.14. The van der Waals surface area contributed by atoms with Crippen LogP contribution < -0.4 is 4.90 Å². The molecule has 0 radical (unpaired) electrons. The summed E-state index contributed by atoms with van der Waals surface area (Å²) in [4.78, 5) is 15.8. The van der Waals surface area contributed by atoms with Gasteiger partial charge in [-0.1, -0.05) is 22.0 Å². The van der Waals surface area contributed by atoms with Gasteiger partial charge in [0.15, 0.2) is 0 Å². The van der Waals surface area contributed by atoms with Crippen molar-refractivity contribution in [3.63, 3.8) is 0 Å². The minimum Gasteiger partial charge on any atom is -0.389 e. The van der Waals surface area contributed by atoms with Crippen molar-refractivity contribution in [1.82, 2.24) is 4.90 Å². The van der Waals surface area contributed by atoms with Crippen molar-refractivity contribution in [2.24, 2.45) is 0 Å². The predicted molar refractivity (Wildman–Crippen MR) is 86.0 cm³/mol. The molecule has 0 bridgehead atoms. The van der Waals surface area contributed by atoms with E-state index in [2.05, 4.69) is 15.9 Å². The molecule has 0 saturated carbocycles. The standard InChI is InChI=1S/C15H23BrN2O2/c1-5-18(6-2)15(20)10-17(4)12-7-8-13(11(3)19)14(16)9-12/h7-9,11,19H,5-6,10H2,1-4H3/t11-/m1/s1. The van der Waals surface area contributed by atoms with E-state index >= 15 is 0 Å². The van der Waals surface area contributed by atoms with Gasteiger partial charge >= 0.3 is 0 Å². The average molecular weight is 343 g/mol. The summed E-state index contributed by atoms with van der Waals surface area (Å²) in [5.74, 6) is 0.119. The van der Waals surface area contributed by atoms with Gasteiger partial charge < -0.3 is 14.9 Å². The lowest BCUT2D eigenvalue weighted by Gasteiger charge is -2.25. The van der Waals surface area contributed by atoms with Gasteiger partial charge in [-0.25, -0.2) is 0 Å². The van der Waals surface area contributed by atoms with Crippen LogP contribution in [0.5, 0.6) is 0 Å². The van der Waals surface area contributed by atoms with E-state index in [1.165, 1.54) is 0 Å². The highest BCUT2D eigenvalue weighted by atomic mass is 79.9. The summed E-state index contributed by atoms with van der Waals surface area (Å²) in [6, 6.07) is 5.72. The van der Waals surface area contributed by atoms with Crippen LogP contribution in [-0.2, 0) is 4.79 Å². The van der Waals surface area contributed by atoms with Gasteiger partial charge in [0, 0.05) is 30.3 Å². The zero-order valence-electron chi connectivity index (χ0n) is 12.6. The fourth-order valence-electron chi connectivity index (χ4n) is 2.06. The molecule has 0 heterocycles. The van der Waals surface area contributed by atoms with Gasteiger partial charge in [0.25, 0.3) is 0 Å². The van der Waals surface area contributed by atoms with Crippen molar-refractivity contribution < 1.29 is 9.90 Å². The van der Waals surface area contributed by atoms with E-state index in [1.54, 1.807) is 6.92 Å². The Bertz CT molecular complexity index is 459. The molecule has 0 aromatic heterocycles. The molecule has 0 saturated heterocycles. The number of rotatable bonds is 6. The third-order valence-corrected chi connectivity index (χ3v) is 4.05. The van der Waals surface area contributed by atoms with Crippen LogP contribution in [-0.4, -0.2) is 42.6 Å². The summed E-state index contributed by atoms with van der Waals surface area (Å²) in [5, 5.41) is 9.61. The van der Waals surface area contributed by atoms with E-state index in [4.69, 9.17) is 0 Å². The second-order valence-electron chi connectivity index (χ2n) is 4.80. The fraction of sp³-hybridized carbons (Fsp3) is 0.533. The molecular formula is C15H23BrN2O2. The van der Waals surface area contributed by atoms with Crippen molar-refractivity contribution in [3.05, 3.63) is 28.2 Å². The summed E-state index contributed by atoms with van der Waals surface area (Å²) in [6.45, 7) is 7.50. The molecule has 1 amide bonds. The number of hydrogen-bond acceptors (Lipinski definition) is 3. The number of halogens is 1. The lowest BCUT2D eigenvalue weighted by Crippen LogP contribution is -2.38. The molecule has 1 aromatic rings. The van der Waals surface area contributed by atoms with E-state index in [0.717, 1.165) is 28.8 Å². The van der Waals surface area contributed by atoms with Crippen LogP contribution >= 0.6 is 15.9 Å². The third-order valence-electron chi connectivity index (χ3n) is 3.36. The largest absolute Gasteiger partial charge is 0.389 e. The minimum absolute atomic E-state index is 0.119. The molecule has 1 aromatic carbocycles. The number of aliphatic hydroxyl groups excluding tert-OH is 1. The van der Waals surface area contributed by atoms with Crippen LogP contribution in [0.3, 0.4) is 0 Å². The molecule has 0 aliphatic carbocycles. The normalized spacial score (nSPS) is 12.1. The fourth-order valence-corrected chi connectivity index (χ4v) is 2.76. The summed E-state index contributed by atoms with van der Waals surface area (Å²) in [7, 11) is 1.89. The Labute approximate surface area is 129 Å². The van der Waals surface area contributed by atoms with Crippen LogP contribution in [0.2, 0.25) is 0 Å². The van der Waals surface area contributed by atoms with Crippen molar-refractivity contribution in [1.29, 1.82) is 0 Å². The maximum Gasteiger partial charge on any atom is 0.242 e. The monoisotopic (exact) mass is 342 g/mol. The van der Waals surface area contributed by atoms with Gasteiger partial charge in [-0.15, -0.1) is 0 Å². The minimum atomic E-state index is -0.513. The van der Waals surface area contributed by atoms with Crippen LogP contribution in [0.15, 0.2) is 22.7 Å². The number of aliphatic hydroxyl groups is 1. The Balaban J connectivity index is 2.80. The SMILES string of the molecule is CCN(CC)C(=O)CN(C)c1ccc([C@@H](C)O)c(Br)c1. The molecule has 1 N–H and O–H groups in total. The second-order valence-corrected chi connectivity index (χ2v) is 5.66. The first kappa shape index (κ1) is 17.0. The van der Waals surface area contributed by atoms with Crippen molar-refractivity contribution in [2.45, 2.75) is 26.9 Å². The van der Waals surface area contributed by atoms with Crippen LogP contribution in [0.1, 0.15) is 32.4 Å². The van der Waals surface area contributed by atoms with Gasteiger partial charge in [0.05, 0.1) is 12.6 Å².